The van der Waals surface area contributed by atoms with Gasteiger partial charge in [-0.2, -0.15) is 0 Å². The van der Waals surface area contributed by atoms with Gasteiger partial charge in [0.25, 0.3) is 0 Å². The second-order valence-electron chi connectivity index (χ2n) is 2.96. The number of rotatable bonds is 1. The largest absolute Gasteiger partial charge is 0.336 e. The molecule has 0 bridgehead atoms. The molecule has 72 valence electrons. The molecule has 0 fully saturated rings. The summed E-state index contributed by atoms with van der Waals surface area (Å²) in [5.74, 6) is 0.905. The van der Waals surface area contributed by atoms with Crippen molar-refractivity contribution in [3.63, 3.8) is 0 Å². The van der Waals surface area contributed by atoms with Crippen molar-refractivity contribution in [3.05, 3.63) is 39.2 Å². The minimum absolute atomic E-state index is 0.905. The van der Waals surface area contributed by atoms with Crippen LogP contribution in [0.5, 0.6) is 0 Å². The van der Waals surface area contributed by atoms with Crippen molar-refractivity contribution in [2.45, 2.75) is 6.92 Å². The van der Waals surface area contributed by atoms with Crippen LogP contribution in [-0.4, -0.2) is 9.97 Å². The number of hydrogen-bond acceptors (Lipinski definition) is 1. The number of aromatic amines is 1. The molecule has 1 aromatic carbocycles. The Morgan fingerprint density at radius 3 is 2.50 bits per heavy atom. The van der Waals surface area contributed by atoms with E-state index in [-0.39, 0.29) is 0 Å². The second kappa shape index (κ2) is 3.87. The fraction of sp³-hybridized carbons (Fsp3) is 0.100. The lowest BCUT2D eigenvalue weighted by Gasteiger charge is -2.00. The molecule has 0 saturated carbocycles. The maximum atomic E-state index is 4.41. The van der Waals surface area contributed by atoms with Gasteiger partial charge in [-0.25, -0.2) is 4.98 Å². The predicted molar refractivity (Wildman–Crippen MR) is 64.2 cm³/mol. The van der Waals surface area contributed by atoms with Crippen LogP contribution in [0, 0.1) is 6.92 Å². The lowest BCUT2D eigenvalue weighted by atomic mass is 10.2. The number of aromatic nitrogens is 2. The fourth-order valence-corrected chi connectivity index (χ4v) is 2.36. The highest BCUT2D eigenvalue weighted by Gasteiger charge is 2.10. The van der Waals surface area contributed by atoms with Crippen molar-refractivity contribution >= 4 is 31.9 Å². The van der Waals surface area contributed by atoms with Gasteiger partial charge in [0.2, 0.25) is 0 Å². The minimum Gasteiger partial charge on any atom is -0.336 e. The van der Waals surface area contributed by atoms with Crippen LogP contribution in [0.25, 0.3) is 11.3 Å². The summed E-state index contributed by atoms with van der Waals surface area (Å²) < 4.78 is 1.97. The molecule has 0 spiro atoms. The maximum absolute atomic E-state index is 4.41. The first kappa shape index (κ1) is 9.93. The molecule has 1 aromatic heterocycles. The average molecular weight is 316 g/mol. The zero-order valence-corrected chi connectivity index (χ0v) is 10.7. The molecule has 0 radical (unpaired) electrons. The van der Waals surface area contributed by atoms with Crippen LogP contribution in [-0.2, 0) is 0 Å². The van der Waals surface area contributed by atoms with Gasteiger partial charge in [-0.05, 0) is 28.9 Å². The lowest BCUT2D eigenvalue weighted by molar-refractivity contribution is 1.14. The van der Waals surface area contributed by atoms with E-state index in [1.54, 1.807) is 0 Å². The van der Waals surface area contributed by atoms with E-state index in [2.05, 4.69) is 41.8 Å². The molecule has 0 amide bonds. The predicted octanol–water partition coefficient (Wildman–Crippen LogP) is 3.91. The summed E-state index contributed by atoms with van der Waals surface area (Å²) in [5, 5.41) is 0. The highest BCUT2D eigenvalue weighted by molar-refractivity contribution is 9.11. The minimum atomic E-state index is 0.905. The number of halogens is 2. The van der Waals surface area contributed by atoms with E-state index >= 15 is 0 Å². The summed E-state index contributed by atoms with van der Waals surface area (Å²) in [6, 6.07) is 8.02. The van der Waals surface area contributed by atoms with Crippen LogP contribution < -0.4 is 0 Å². The average Bonchev–Trinajstić information content (AvgIpc) is 2.46. The van der Waals surface area contributed by atoms with Crippen molar-refractivity contribution in [3.8, 4) is 11.3 Å². The monoisotopic (exact) mass is 314 g/mol. The number of nitrogens with zero attached hydrogens (tertiary/aromatic N) is 1. The van der Waals surface area contributed by atoms with E-state index in [4.69, 9.17) is 0 Å². The Balaban J connectivity index is 2.60. The highest BCUT2D eigenvalue weighted by atomic mass is 79.9. The Bertz CT molecular complexity index is 463. The van der Waals surface area contributed by atoms with Crippen molar-refractivity contribution in [2.24, 2.45) is 0 Å². The van der Waals surface area contributed by atoms with Gasteiger partial charge in [0, 0.05) is 10.0 Å². The molecule has 2 rings (SSSR count). The molecule has 1 heterocycles. The Morgan fingerprint density at radius 1 is 1.21 bits per heavy atom. The SMILES string of the molecule is Cc1nc(-c2ccccc2Br)c(Br)[nH]1. The van der Waals surface area contributed by atoms with Gasteiger partial charge < -0.3 is 4.98 Å². The van der Waals surface area contributed by atoms with Gasteiger partial charge in [0.15, 0.2) is 0 Å². The summed E-state index contributed by atoms with van der Waals surface area (Å²) in [6.45, 7) is 1.94. The highest BCUT2D eigenvalue weighted by Crippen LogP contribution is 2.31. The third kappa shape index (κ3) is 1.77. The van der Waals surface area contributed by atoms with Crippen LogP contribution in [0.4, 0.5) is 0 Å². The zero-order valence-electron chi connectivity index (χ0n) is 7.51. The standard InChI is InChI=1S/C10H8Br2N2/c1-6-13-9(10(12)14-6)7-4-2-3-5-8(7)11/h2-5H,1H3,(H,13,14). The summed E-state index contributed by atoms with van der Waals surface area (Å²) in [4.78, 5) is 7.53. The number of aryl methyl sites for hydroxylation is 1. The van der Waals surface area contributed by atoms with Crippen LogP contribution in [0.1, 0.15) is 5.82 Å². The third-order valence-electron chi connectivity index (χ3n) is 1.91. The molecule has 0 saturated heterocycles. The summed E-state index contributed by atoms with van der Waals surface area (Å²) >= 11 is 6.95. The Labute approximate surface area is 99.0 Å². The second-order valence-corrected chi connectivity index (χ2v) is 4.61. The normalized spacial score (nSPS) is 10.5. The van der Waals surface area contributed by atoms with Gasteiger partial charge in [0.1, 0.15) is 16.1 Å². The first-order valence-electron chi connectivity index (χ1n) is 4.15. The lowest BCUT2D eigenvalue weighted by Crippen LogP contribution is -1.80. The third-order valence-corrected chi connectivity index (χ3v) is 3.17. The Morgan fingerprint density at radius 2 is 1.93 bits per heavy atom. The molecule has 0 aliphatic carbocycles. The molecule has 2 aromatic rings. The molecule has 0 aliphatic rings. The molecule has 4 heteroatoms. The molecular formula is C10H8Br2N2. The van der Waals surface area contributed by atoms with Crippen LogP contribution >= 0.6 is 31.9 Å². The molecule has 2 nitrogen and oxygen atoms in total. The van der Waals surface area contributed by atoms with Crippen molar-refractivity contribution in [2.75, 3.05) is 0 Å². The van der Waals surface area contributed by atoms with E-state index in [9.17, 15) is 0 Å². The molecule has 1 N–H and O–H groups in total. The van der Waals surface area contributed by atoms with Crippen molar-refractivity contribution in [1.29, 1.82) is 0 Å². The molecular weight excluding hydrogens is 308 g/mol. The Kier molecular flexibility index (Phi) is 2.74. The van der Waals surface area contributed by atoms with Gasteiger partial charge in [0.05, 0.1) is 0 Å². The van der Waals surface area contributed by atoms with Crippen LogP contribution in [0.3, 0.4) is 0 Å². The molecule has 0 unspecified atom stereocenters. The number of benzene rings is 1. The van der Waals surface area contributed by atoms with E-state index in [1.807, 2.05) is 31.2 Å². The summed E-state index contributed by atoms with van der Waals surface area (Å²) in [6.07, 6.45) is 0. The molecule has 0 atom stereocenters. The molecule has 0 aliphatic heterocycles. The number of nitrogens with one attached hydrogen (secondary N) is 1. The first-order valence-corrected chi connectivity index (χ1v) is 5.74. The van der Waals surface area contributed by atoms with Crippen molar-refractivity contribution in [1.82, 2.24) is 9.97 Å². The smallest absolute Gasteiger partial charge is 0.110 e. The van der Waals surface area contributed by atoms with Crippen LogP contribution in [0.15, 0.2) is 33.3 Å². The van der Waals surface area contributed by atoms with E-state index in [0.29, 0.717) is 0 Å². The topological polar surface area (TPSA) is 28.7 Å². The first-order chi connectivity index (χ1) is 6.68. The number of imidazole rings is 1. The Hall–Kier alpha value is -0.610. The van der Waals surface area contributed by atoms with E-state index in [1.165, 1.54) is 0 Å². The van der Waals surface area contributed by atoms with Gasteiger partial charge in [-0.3, -0.25) is 0 Å². The van der Waals surface area contributed by atoms with Gasteiger partial charge in [-0.15, -0.1) is 0 Å². The molecule has 14 heavy (non-hydrogen) atoms. The van der Waals surface area contributed by atoms with Gasteiger partial charge in [-0.1, -0.05) is 34.1 Å². The summed E-state index contributed by atoms with van der Waals surface area (Å²) in [7, 11) is 0. The quantitative estimate of drug-likeness (QED) is 0.849. The fourth-order valence-electron chi connectivity index (χ4n) is 1.29. The number of hydrogen-bond donors (Lipinski definition) is 1. The van der Waals surface area contributed by atoms with Gasteiger partial charge >= 0.3 is 0 Å². The zero-order chi connectivity index (χ0) is 10.1. The summed E-state index contributed by atoms with van der Waals surface area (Å²) in [5.41, 5.74) is 2.03. The number of H-pyrrole nitrogens is 1. The maximum Gasteiger partial charge on any atom is 0.110 e. The van der Waals surface area contributed by atoms with E-state index in [0.717, 1.165) is 26.2 Å². The van der Waals surface area contributed by atoms with Crippen molar-refractivity contribution < 1.29 is 0 Å². The van der Waals surface area contributed by atoms with E-state index < -0.39 is 0 Å². The van der Waals surface area contributed by atoms with Crippen LogP contribution in [0.2, 0.25) is 0 Å².